The van der Waals surface area contributed by atoms with E-state index in [4.69, 9.17) is 33.5 Å². The van der Waals surface area contributed by atoms with E-state index in [2.05, 4.69) is 96.6 Å². The van der Waals surface area contributed by atoms with Gasteiger partial charge in [0.15, 0.2) is 6.23 Å². The minimum atomic E-state index is -1.09. The molecule has 6 atom stereocenters. The van der Waals surface area contributed by atoms with Crippen LogP contribution < -0.4 is 0 Å². The Balaban J connectivity index is 1.14. The molecule has 10 heteroatoms. The van der Waals surface area contributed by atoms with Crippen molar-refractivity contribution in [1.82, 2.24) is 4.57 Å². The summed E-state index contributed by atoms with van der Waals surface area (Å²) in [6, 6.07) is 55.3. The number of aliphatic hydroxyl groups excluding tert-OH is 2. The zero-order chi connectivity index (χ0) is 46.2. The summed E-state index contributed by atoms with van der Waals surface area (Å²) in [7, 11) is 0. The summed E-state index contributed by atoms with van der Waals surface area (Å²) >= 11 is 0. The van der Waals surface area contributed by atoms with E-state index in [1.807, 2.05) is 91.0 Å². The number of ether oxygens (including phenoxy) is 6. The van der Waals surface area contributed by atoms with Gasteiger partial charge in [0.1, 0.15) is 37.1 Å². The SMILES string of the molecule is Cc1cccc2c1c(Cc1ccc(C=CCC(=O)OC[C@@H](O)CO)cc1)cn2[C@@H]1O[C@H](COCc2ccccc2)[C@@H](OCc2ccccc2)[C@H](OCc2ccccc2)[C@H]1OCc1ccccc1. The normalized spacial score (nSPS) is 18.9. The molecule has 0 saturated carbocycles. The number of nitrogens with zero attached hydrogens (tertiary/aromatic N) is 1. The largest absolute Gasteiger partial charge is 0.463 e. The van der Waals surface area contributed by atoms with E-state index in [0.29, 0.717) is 32.8 Å². The van der Waals surface area contributed by atoms with Crippen LogP contribution in [0.3, 0.4) is 0 Å². The second kappa shape index (κ2) is 24.0. The van der Waals surface area contributed by atoms with Crippen LogP contribution in [0.25, 0.3) is 17.0 Å². The first-order chi connectivity index (χ1) is 32.9. The summed E-state index contributed by atoms with van der Waals surface area (Å²) in [5.74, 6) is -0.475. The van der Waals surface area contributed by atoms with Gasteiger partial charge in [-0.1, -0.05) is 170 Å². The monoisotopic (exact) mass is 901 g/mol. The summed E-state index contributed by atoms with van der Waals surface area (Å²) in [6.07, 6.45) is 2.45. The molecule has 1 saturated heterocycles. The molecule has 67 heavy (non-hydrogen) atoms. The number of carbonyl (C=O) groups excluding carboxylic acids is 1. The predicted octanol–water partition coefficient (Wildman–Crippen LogP) is 9.71. The minimum Gasteiger partial charge on any atom is -0.463 e. The third kappa shape index (κ3) is 13.0. The Morgan fingerprint density at radius 3 is 1.79 bits per heavy atom. The van der Waals surface area contributed by atoms with Crippen LogP contribution in [-0.2, 0) is 66.1 Å². The summed E-state index contributed by atoms with van der Waals surface area (Å²) in [5.41, 5.74) is 9.51. The number of hydrogen-bond acceptors (Lipinski definition) is 9. The Bertz CT molecular complexity index is 2600. The fourth-order valence-electron chi connectivity index (χ4n) is 8.48. The molecular weight excluding hydrogens is 843 g/mol. The molecule has 8 rings (SSSR count). The molecule has 0 radical (unpaired) electrons. The molecule has 2 N–H and O–H groups in total. The highest BCUT2D eigenvalue weighted by molar-refractivity contribution is 5.87. The van der Waals surface area contributed by atoms with E-state index < -0.39 is 49.3 Å². The number of aliphatic hydroxyl groups is 2. The lowest BCUT2D eigenvalue weighted by atomic mass is 9.96. The van der Waals surface area contributed by atoms with E-state index >= 15 is 0 Å². The Labute approximate surface area is 392 Å². The number of fused-ring (bicyclic) bond motifs is 1. The number of rotatable bonds is 22. The van der Waals surface area contributed by atoms with Crippen molar-refractivity contribution in [3.8, 4) is 0 Å². The Morgan fingerprint density at radius 2 is 1.21 bits per heavy atom. The van der Waals surface area contributed by atoms with Crippen LogP contribution in [0.1, 0.15) is 57.2 Å². The Morgan fingerprint density at radius 1 is 0.657 bits per heavy atom. The maximum Gasteiger partial charge on any atom is 0.309 e. The molecule has 0 spiro atoms. The first kappa shape index (κ1) is 47.3. The van der Waals surface area contributed by atoms with Crippen molar-refractivity contribution in [3.05, 3.63) is 221 Å². The van der Waals surface area contributed by atoms with Crippen molar-refractivity contribution in [2.24, 2.45) is 0 Å². The summed E-state index contributed by atoms with van der Waals surface area (Å²) in [5, 5.41) is 19.6. The quantitative estimate of drug-likeness (QED) is 0.0642. The molecule has 0 amide bonds. The smallest absolute Gasteiger partial charge is 0.309 e. The summed E-state index contributed by atoms with van der Waals surface area (Å²) < 4.78 is 42.2. The molecule has 10 nitrogen and oxygen atoms in total. The van der Waals surface area contributed by atoms with Gasteiger partial charge in [0.2, 0.25) is 0 Å². The zero-order valence-corrected chi connectivity index (χ0v) is 37.8. The third-order valence-electron chi connectivity index (χ3n) is 11.9. The molecule has 346 valence electrons. The van der Waals surface area contributed by atoms with E-state index in [1.165, 1.54) is 0 Å². The number of aromatic nitrogens is 1. The first-order valence-corrected chi connectivity index (χ1v) is 22.9. The minimum absolute atomic E-state index is 0.0516. The van der Waals surface area contributed by atoms with Crippen molar-refractivity contribution >= 4 is 22.9 Å². The molecule has 0 bridgehead atoms. The number of benzene rings is 6. The van der Waals surface area contributed by atoms with Gasteiger partial charge in [-0.2, -0.15) is 0 Å². The number of esters is 1. The lowest BCUT2D eigenvalue weighted by Gasteiger charge is -2.46. The number of hydrogen-bond donors (Lipinski definition) is 2. The molecule has 1 aromatic heterocycles. The lowest BCUT2D eigenvalue weighted by molar-refractivity contribution is -0.289. The van der Waals surface area contributed by atoms with Gasteiger partial charge in [-0.3, -0.25) is 4.79 Å². The first-order valence-electron chi connectivity index (χ1n) is 22.9. The van der Waals surface area contributed by atoms with E-state index in [-0.39, 0.29) is 19.6 Å². The fourth-order valence-corrected chi connectivity index (χ4v) is 8.48. The maximum atomic E-state index is 12.1. The highest BCUT2D eigenvalue weighted by Gasteiger charge is 2.49. The van der Waals surface area contributed by atoms with Crippen LogP contribution in [0.5, 0.6) is 0 Å². The van der Waals surface area contributed by atoms with E-state index in [1.54, 1.807) is 6.08 Å². The van der Waals surface area contributed by atoms with Gasteiger partial charge in [-0.05, 0) is 63.9 Å². The van der Waals surface area contributed by atoms with Crippen LogP contribution in [0.15, 0.2) is 176 Å². The van der Waals surface area contributed by atoms with Gasteiger partial charge in [-0.25, -0.2) is 0 Å². The third-order valence-corrected chi connectivity index (χ3v) is 11.9. The van der Waals surface area contributed by atoms with E-state index in [9.17, 15) is 9.90 Å². The van der Waals surface area contributed by atoms with Gasteiger partial charge < -0.3 is 43.2 Å². The topological polar surface area (TPSA) is 118 Å². The Kier molecular flexibility index (Phi) is 16.9. The lowest BCUT2D eigenvalue weighted by Crippen LogP contribution is -2.59. The molecule has 2 heterocycles. The average molecular weight is 902 g/mol. The molecule has 0 aliphatic carbocycles. The molecule has 1 fully saturated rings. The van der Waals surface area contributed by atoms with Crippen molar-refractivity contribution in [2.45, 2.75) is 82.9 Å². The van der Waals surface area contributed by atoms with Gasteiger partial charge in [0.05, 0.1) is 51.6 Å². The summed E-state index contributed by atoms with van der Waals surface area (Å²) in [4.78, 5) is 12.1. The van der Waals surface area contributed by atoms with Crippen molar-refractivity contribution in [3.63, 3.8) is 0 Å². The molecular formula is C57H59NO9. The van der Waals surface area contributed by atoms with Crippen LogP contribution >= 0.6 is 0 Å². The molecule has 0 unspecified atom stereocenters. The van der Waals surface area contributed by atoms with E-state index in [0.717, 1.165) is 55.4 Å². The average Bonchev–Trinajstić information content (AvgIpc) is 3.74. The van der Waals surface area contributed by atoms with Crippen LogP contribution in [-0.4, -0.2) is 71.1 Å². The number of carbonyl (C=O) groups is 1. The second-order valence-electron chi connectivity index (χ2n) is 16.9. The van der Waals surface area contributed by atoms with Gasteiger partial charge in [0, 0.05) is 11.6 Å². The molecule has 1 aliphatic rings. The van der Waals surface area contributed by atoms with Gasteiger partial charge in [0.25, 0.3) is 0 Å². The molecule has 6 aromatic carbocycles. The fraction of sp³-hybridized carbons (Fsp3) is 0.281. The van der Waals surface area contributed by atoms with Crippen LogP contribution in [0.4, 0.5) is 0 Å². The second-order valence-corrected chi connectivity index (χ2v) is 16.9. The maximum absolute atomic E-state index is 12.1. The highest BCUT2D eigenvalue weighted by atomic mass is 16.6. The predicted molar refractivity (Wildman–Crippen MR) is 259 cm³/mol. The summed E-state index contributed by atoms with van der Waals surface area (Å²) in [6.45, 7) is 3.12. The van der Waals surface area contributed by atoms with Crippen LogP contribution in [0, 0.1) is 6.92 Å². The van der Waals surface area contributed by atoms with Crippen molar-refractivity contribution in [2.75, 3.05) is 19.8 Å². The van der Waals surface area contributed by atoms with Crippen molar-refractivity contribution in [1.29, 1.82) is 0 Å². The Hall–Kier alpha value is -6.21. The standard InChI is InChI=1S/C57H59NO9/c1-41-16-14-26-50-53(41)48(32-43-30-28-42(29-31-43)25-15-27-52(61)63-39-49(60)34-59)33-58(50)57-56(66-38-47-23-12-5-13-24-47)55(65-37-46-21-10-4-11-22-46)54(64-36-45-19-8-3-9-20-45)51(67-57)40-62-35-44-17-6-2-7-18-44/h2-26,28-31,33,49,51,54-57,59-60H,27,32,34-40H2,1H3/t49-,51+,54+,55-,56+,57+/m0/s1. The van der Waals surface area contributed by atoms with Gasteiger partial charge >= 0.3 is 5.97 Å². The van der Waals surface area contributed by atoms with Crippen LogP contribution in [0.2, 0.25) is 0 Å². The number of aryl methyl sites for hydroxylation is 1. The van der Waals surface area contributed by atoms with Gasteiger partial charge in [-0.15, -0.1) is 0 Å². The zero-order valence-electron chi connectivity index (χ0n) is 37.8. The highest BCUT2D eigenvalue weighted by Crippen LogP contribution is 2.39. The van der Waals surface area contributed by atoms with Crippen molar-refractivity contribution < 1.29 is 43.4 Å². The molecule has 1 aliphatic heterocycles. The molecule has 7 aromatic rings.